The van der Waals surface area contributed by atoms with Crippen molar-refractivity contribution in [3.63, 3.8) is 0 Å². The first-order valence-corrected chi connectivity index (χ1v) is 7.61. The van der Waals surface area contributed by atoms with Crippen molar-refractivity contribution in [3.05, 3.63) is 35.4 Å². The molecule has 0 fully saturated rings. The van der Waals surface area contributed by atoms with Gasteiger partial charge in [-0.15, -0.1) is 0 Å². The molecule has 0 aliphatic heterocycles. The van der Waals surface area contributed by atoms with Crippen LogP contribution in [-0.2, 0) is 17.8 Å². The van der Waals surface area contributed by atoms with E-state index in [4.69, 9.17) is 4.74 Å². The molecular formula is C17H30N2O. The van der Waals surface area contributed by atoms with Crippen molar-refractivity contribution < 1.29 is 4.74 Å². The van der Waals surface area contributed by atoms with Gasteiger partial charge in [-0.05, 0) is 51.2 Å². The number of hydrogen-bond donors (Lipinski definition) is 1. The summed E-state index contributed by atoms with van der Waals surface area (Å²) in [5.41, 5.74) is 2.64. The Labute approximate surface area is 124 Å². The van der Waals surface area contributed by atoms with Crippen LogP contribution in [0.15, 0.2) is 24.3 Å². The summed E-state index contributed by atoms with van der Waals surface area (Å²) < 4.78 is 5.68. The highest BCUT2D eigenvalue weighted by molar-refractivity contribution is 5.22. The first-order chi connectivity index (χ1) is 9.58. The van der Waals surface area contributed by atoms with Gasteiger partial charge >= 0.3 is 0 Å². The fraction of sp³-hybridized carbons (Fsp3) is 0.647. The first kappa shape index (κ1) is 17.2. The maximum Gasteiger partial charge on any atom is 0.0716 e. The summed E-state index contributed by atoms with van der Waals surface area (Å²) in [5.74, 6) is 0. The lowest BCUT2D eigenvalue weighted by Gasteiger charge is -2.10. The second kappa shape index (κ2) is 9.92. The highest BCUT2D eigenvalue weighted by Gasteiger charge is 1.97. The Kier molecular flexibility index (Phi) is 8.51. The van der Waals surface area contributed by atoms with Gasteiger partial charge in [0.15, 0.2) is 0 Å². The van der Waals surface area contributed by atoms with Crippen molar-refractivity contribution in [1.29, 1.82) is 0 Å². The summed E-state index contributed by atoms with van der Waals surface area (Å²) in [4.78, 5) is 2.18. The summed E-state index contributed by atoms with van der Waals surface area (Å²) >= 11 is 0. The van der Waals surface area contributed by atoms with E-state index in [1.165, 1.54) is 11.1 Å². The van der Waals surface area contributed by atoms with Crippen LogP contribution < -0.4 is 5.32 Å². The zero-order chi connectivity index (χ0) is 14.8. The lowest BCUT2D eigenvalue weighted by molar-refractivity contribution is 0.113. The maximum atomic E-state index is 5.68. The van der Waals surface area contributed by atoms with Crippen molar-refractivity contribution in [3.8, 4) is 0 Å². The Bertz CT molecular complexity index is 347. The topological polar surface area (TPSA) is 24.5 Å². The van der Waals surface area contributed by atoms with Crippen molar-refractivity contribution in [2.45, 2.75) is 39.3 Å². The minimum absolute atomic E-state index is 0.560. The van der Waals surface area contributed by atoms with Crippen LogP contribution in [0, 0.1) is 0 Å². The molecule has 1 aromatic carbocycles. The minimum Gasteiger partial charge on any atom is -0.377 e. The van der Waals surface area contributed by atoms with Gasteiger partial charge in [0.25, 0.3) is 0 Å². The quantitative estimate of drug-likeness (QED) is 0.666. The normalized spacial score (nSPS) is 11.5. The molecule has 0 aromatic heterocycles. The fourth-order valence-electron chi connectivity index (χ4n) is 1.98. The SMILES string of the molecule is CC(C)NCCc1ccc(COCCCN(C)C)cc1. The van der Waals surface area contributed by atoms with E-state index < -0.39 is 0 Å². The molecule has 3 nitrogen and oxygen atoms in total. The van der Waals surface area contributed by atoms with Gasteiger partial charge in [-0.3, -0.25) is 0 Å². The molecular weight excluding hydrogens is 248 g/mol. The number of benzene rings is 1. The van der Waals surface area contributed by atoms with Gasteiger partial charge in [0, 0.05) is 12.6 Å². The predicted octanol–water partition coefficient (Wildman–Crippen LogP) is 2.70. The third kappa shape index (κ3) is 8.31. The van der Waals surface area contributed by atoms with E-state index in [2.05, 4.69) is 62.4 Å². The molecule has 3 heteroatoms. The molecule has 0 aliphatic rings. The molecule has 0 heterocycles. The van der Waals surface area contributed by atoms with Gasteiger partial charge in [0.2, 0.25) is 0 Å². The summed E-state index contributed by atoms with van der Waals surface area (Å²) in [7, 11) is 4.18. The van der Waals surface area contributed by atoms with E-state index in [9.17, 15) is 0 Å². The Hall–Kier alpha value is -0.900. The number of nitrogens with one attached hydrogen (secondary N) is 1. The Morgan fingerprint density at radius 1 is 1.10 bits per heavy atom. The summed E-state index contributed by atoms with van der Waals surface area (Å²) in [6, 6.07) is 9.33. The van der Waals surface area contributed by atoms with Crippen LogP contribution in [0.1, 0.15) is 31.4 Å². The minimum atomic E-state index is 0.560. The van der Waals surface area contributed by atoms with E-state index >= 15 is 0 Å². The van der Waals surface area contributed by atoms with Crippen LogP contribution in [0.5, 0.6) is 0 Å². The molecule has 0 saturated heterocycles. The molecule has 0 radical (unpaired) electrons. The smallest absolute Gasteiger partial charge is 0.0716 e. The van der Waals surface area contributed by atoms with Crippen molar-refractivity contribution in [1.82, 2.24) is 10.2 Å². The van der Waals surface area contributed by atoms with Crippen LogP contribution >= 0.6 is 0 Å². The summed E-state index contributed by atoms with van der Waals surface area (Å²) in [6.45, 7) is 8.03. The second-order valence-electron chi connectivity index (χ2n) is 5.88. The third-order valence-electron chi connectivity index (χ3n) is 3.15. The van der Waals surface area contributed by atoms with Gasteiger partial charge in [0.1, 0.15) is 0 Å². The van der Waals surface area contributed by atoms with E-state index in [1.807, 2.05) is 0 Å². The zero-order valence-corrected chi connectivity index (χ0v) is 13.5. The molecule has 114 valence electrons. The average molecular weight is 278 g/mol. The third-order valence-corrected chi connectivity index (χ3v) is 3.15. The van der Waals surface area contributed by atoms with Crippen LogP contribution in [0.4, 0.5) is 0 Å². The van der Waals surface area contributed by atoms with E-state index in [0.29, 0.717) is 6.04 Å². The van der Waals surface area contributed by atoms with Crippen LogP contribution in [0.3, 0.4) is 0 Å². The second-order valence-corrected chi connectivity index (χ2v) is 5.88. The summed E-state index contributed by atoms with van der Waals surface area (Å²) in [6.07, 6.45) is 2.17. The average Bonchev–Trinajstić information content (AvgIpc) is 2.39. The molecule has 0 amide bonds. The number of nitrogens with zero attached hydrogens (tertiary/aromatic N) is 1. The van der Waals surface area contributed by atoms with Crippen LogP contribution in [-0.4, -0.2) is 44.7 Å². The monoisotopic (exact) mass is 278 g/mol. The maximum absolute atomic E-state index is 5.68. The molecule has 0 bridgehead atoms. The van der Waals surface area contributed by atoms with Crippen molar-refractivity contribution in [2.24, 2.45) is 0 Å². The largest absolute Gasteiger partial charge is 0.377 e. The number of rotatable bonds is 10. The molecule has 0 aliphatic carbocycles. The molecule has 1 N–H and O–H groups in total. The molecule has 0 unspecified atom stereocenters. The van der Waals surface area contributed by atoms with Gasteiger partial charge < -0.3 is 15.0 Å². The molecule has 0 saturated carbocycles. The molecule has 1 rings (SSSR count). The predicted molar refractivity (Wildman–Crippen MR) is 86.1 cm³/mol. The van der Waals surface area contributed by atoms with Crippen molar-refractivity contribution in [2.75, 3.05) is 33.8 Å². The van der Waals surface area contributed by atoms with Gasteiger partial charge in [0.05, 0.1) is 6.61 Å². The Morgan fingerprint density at radius 2 is 1.75 bits per heavy atom. The molecule has 1 aromatic rings. The number of hydrogen-bond acceptors (Lipinski definition) is 3. The van der Waals surface area contributed by atoms with Gasteiger partial charge in [-0.2, -0.15) is 0 Å². The van der Waals surface area contributed by atoms with E-state index in [-0.39, 0.29) is 0 Å². The summed E-state index contributed by atoms with van der Waals surface area (Å²) in [5, 5.41) is 3.44. The van der Waals surface area contributed by atoms with E-state index in [1.54, 1.807) is 0 Å². The van der Waals surface area contributed by atoms with E-state index in [0.717, 1.165) is 39.1 Å². The van der Waals surface area contributed by atoms with Crippen LogP contribution in [0.2, 0.25) is 0 Å². The number of ether oxygens (including phenoxy) is 1. The highest BCUT2D eigenvalue weighted by Crippen LogP contribution is 2.06. The standard InChI is InChI=1S/C17H30N2O/c1-15(2)18-11-10-16-6-8-17(9-7-16)14-20-13-5-12-19(3)4/h6-9,15,18H,5,10-14H2,1-4H3. The van der Waals surface area contributed by atoms with Crippen molar-refractivity contribution >= 4 is 0 Å². The molecule has 20 heavy (non-hydrogen) atoms. The first-order valence-electron chi connectivity index (χ1n) is 7.61. The zero-order valence-electron chi connectivity index (χ0n) is 13.5. The van der Waals surface area contributed by atoms with Gasteiger partial charge in [-0.25, -0.2) is 0 Å². The Morgan fingerprint density at radius 3 is 2.35 bits per heavy atom. The highest BCUT2D eigenvalue weighted by atomic mass is 16.5. The lowest BCUT2D eigenvalue weighted by atomic mass is 10.1. The molecule has 0 spiro atoms. The molecule has 0 atom stereocenters. The Balaban J connectivity index is 2.18. The fourth-order valence-corrected chi connectivity index (χ4v) is 1.98. The van der Waals surface area contributed by atoms with Crippen LogP contribution in [0.25, 0.3) is 0 Å². The van der Waals surface area contributed by atoms with Gasteiger partial charge in [-0.1, -0.05) is 38.1 Å². The lowest BCUT2D eigenvalue weighted by Crippen LogP contribution is -2.24.